The number of amides is 3. The van der Waals surface area contributed by atoms with Gasteiger partial charge in [-0.25, -0.2) is 4.79 Å². The summed E-state index contributed by atoms with van der Waals surface area (Å²) in [5, 5.41) is 3.17. The number of benzene rings is 1. The molecule has 0 aliphatic rings. The SMILES string of the molecule is NCCCN(C=O)C(=O)Nc1ccc(Cl)cc1. The second-order valence-corrected chi connectivity index (χ2v) is 3.81. The maximum absolute atomic E-state index is 11.6. The van der Waals surface area contributed by atoms with Crippen molar-refractivity contribution in [1.29, 1.82) is 0 Å². The van der Waals surface area contributed by atoms with E-state index in [1.807, 2.05) is 0 Å². The van der Waals surface area contributed by atoms with E-state index < -0.39 is 6.03 Å². The summed E-state index contributed by atoms with van der Waals surface area (Å²) in [6, 6.07) is 6.15. The van der Waals surface area contributed by atoms with Crippen LogP contribution in [-0.2, 0) is 4.79 Å². The molecule has 0 saturated heterocycles. The third-order valence-corrected chi connectivity index (χ3v) is 2.34. The van der Waals surface area contributed by atoms with Gasteiger partial charge in [-0.1, -0.05) is 11.6 Å². The lowest BCUT2D eigenvalue weighted by Gasteiger charge is -2.15. The number of halogens is 1. The van der Waals surface area contributed by atoms with Gasteiger partial charge >= 0.3 is 6.03 Å². The fourth-order valence-electron chi connectivity index (χ4n) is 1.19. The van der Waals surface area contributed by atoms with Crippen LogP contribution in [0.25, 0.3) is 0 Å². The van der Waals surface area contributed by atoms with Crippen molar-refractivity contribution >= 4 is 29.7 Å². The molecule has 3 N–H and O–H groups in total. The molecule has 0 radical (unpaired) electrons. The van der Waals surface area contributed by atoms with Crippen LogP contribution in [0.2, 0.25) is 5.02 Å². The van der Waals surface area contributed by atoms with Crippen molar-refractivity contribution in [3.8, 4) is 0 Å². The molecular formula is C11H14ClN3O2. The number of nitrogens with zero attached hydrogens (tertiary/aromatic N) is 1. The molecule has 0 saturated carbocycles. The zero-order chi connectivity index (χ0) is 12.7. The van der Waals surface area contributed by atoms with Gasteiger partial charge in [0.05, 0.1) is 0 Å². The first kappa shape index (κ1) is 13.5. The summed E-state index contributed by atoms with van der Waals surface area (Å²) >= 11 is 5.71. The van der Waals surface area contributed by atoms with Crippen LogP contribution in [0.5, 0.6) is 0 Å². The van der Waals surface area contributed by atoms with Crippen LogP contribution in [0.15, 0.2) is 24.3 Å². The Bertz CT molecular complexity index is 381. The van der Waals surface area contributed by atoms with Crippen LogP contribution in [0, 0.1) is 0 Å². The molecule has 0 spiro atoms. The van der Waals surface area contributed by atoms with Crippen molar-refractivity contribution in [2.45, 2.75) is 6.42 Å². The van der Waals surface area contributed by atoms with Gasteiger partial charge < -0.3 is 11.1 Å². The molecule has 92 valence electrons. The number of hydrogen-bond donors (Lipinski definition) is 2. The normalized spacial score (nSPS) is 9.76. The molecule has 1 aromatic carbocycles. The molecule has 1 rings (SSSR count). The number of hydrogen-bond acceptors (Lipinski definition) is 3. The number of carbonyl (C=O) groups excluding carboxylic acids is 2. The molecule has 0 aliphatic heterocycles. The smallest absolute Gasteiger partial charge is 0.328 e. The number of rotatable bonds is 5. The fourth-order valence-corrected chi connectivity index (χ4v) is 1.32. The maximum Gasteiger partial charge on any atom is 0.328 e. The highest BCUT2D eigenvalue weighted by molar-refractivity contribution is 6.30. The van der Waals surface area contributed by atoms with Gasteiger partial charge in [0.1, 0.15) is 0 Å². The van der Waals surface area contributed by atoms with Gasteiger partial charge in [-0.2, -0.15) is 0 Å². The highest BCUT2D eigenvalue weighted by Crippen LogP contribution is 2.13. The highest BCUT2D eigenvalue weighted by Gasteiger charge is 2.11. The Morgan fingerprint density at radius 2 is 2.06 bits per heavy atom. The summed E-state index contributed by atoms with van der Waals surface area (Å²) in [5.41, 5.74) is 5.89. The Kier molecular flexibility index (Phi) is 5.45. The van der Waals surface area contributed by atoms with Crippen molar-refractivity contribution < 1.29 is 9.59 Å². The fraction of sp³-hybridized carbons (Fsp3) is 0.273. The summed E-state index contributed by atoms with van der Waals surface area (Å²) in [6.45, 7) is 0.734. The van der Waals surface area contributed by atoms with Crippen LogP contribution in [0.1, 0.15) is 6.42 Å². The minimum atomic E-state index is -0.476. The molecule has 1 aromatic rings. The van der Waals surface area contributed by atoms with Gasteiger partial charge in [0.25, 0.3) is 0 Å². The minimum absolute atomic E-state index is 0.305. The van der Waals surface area contributed by atoms with Gasteiger partial charge in [0.2, 0.25) is 6.41 Å². The van der Waals surface area contributed by atoms with E-state index in [1.54, 1.807) is 24.3 Å². The van der Waals surface area contributed by atoms with E-state index in [0.717, 1.165) is 4.90 Å². The third-order valence-electron chi connectivity index (χ3n) is 2.09. The summed E-state index contributed by atoms with van der Waals surface area (Å²) in [6.07, 6.45) is 1.06. The summed E-state index contributed by atoms with van der Waals surface area (Å²) in [4.78, 5) is 23.4. The van der Waals surface area contributed by atoms with E-state index in [2.05, 4.69) is 5.32 Å². The lowest BCUT2D eigenvalue weighted by molar-refractivity contribution is -0.115. The van der Waals surface area contributed by atoms with Crippen LogP contribution >= 0.6 is 11.6 Å². The standard InChI is InChI=1S/C11H14ClN3O2/c12-9-2-4-10(5-3-9)14-11(17)15(8-16)7-1-6-13/h2-5,8H,1,6-7,13H2,(H,14,17). The Morgan fingerprint density at radius 3 is 2.59 bits per heavy atom. The minimum Gasteiger partial charge on any atom is -0.330 e. The Hall–Kier alpha value is -1.59. The number of carbonyl (C=O) groups is 2. The zero-order valence-electron chi connectivity index (χ0n) is 9.23. The lowest BCUT2D eigenvalue weighted by atomic mass is 10.3. The average Bonchev–Trinajstić information content (AvgIpc) is 2.33. The molecule has 5 nitrogen and oxygen atoms in total. The first-order valence-electron chi connectivity index (χ1n) is 5.16. The van der Waals surface area contributed by atoms with Crippen LogP contribution < -0.4 is 11.1 Å². The highest BCUT2D eigenvalue weighted by atomic mass is 35.5. The first-order valence-corrected chi connectivity index (χ1v) is 5.53. The number of nitrogens with two attached hydrogens (primary N) is 1. The molecule has 0 bridgehead atoms. The van der Waals surface area contributed by atoms with Gasteiger partial charge in [-0.05, 0) is 37.2 Å². The van der Waals surface area contributed by atoms with Crippen molar-refractivity contribution in [2.75, 3.05) is 18.4 Å². The van der Waals surface area contributed by atoms with E-state index in [4.69, 9.17) is 17.3 Å². The van der Waals surface area contributed by atoms with E-state index in [9.17, 15) is 9.59 Å². The molecule has 0 atom stereocenters. The topological polar surface area (TPSA) is 75.4 Å². The summed E-state index contributed by atoms with van der Waals surface area (Å²) in [7, 11) is 0. The largest absolute Gasteiger partial charge is 0.330 e. The van der Waals surface area contributed by atoms with E-state index in [-0.39, 0.29) is 0 Å². The zero-order valence-corrected chi connectivity index (χ0v) is 9.98. The number of urea groups is 1. The molecule has 0 aliphatic carbocycles. The Morgan fingerprint density at radius 1 is 1.41 bits per heavy atom. The molecule has 6 heteroatoms. The van der Waals surface area contributed by atoms with Crippen molar-refractivity contribution in [3.63, 3.8) is 0 Å². The number of nitrogens with one attached hydrogen (secondary N) is 1. The Labute approximate surface area is 105 Å². The molecule has 17 heavy (non-hydrogen) atoms. The maximum atomic E-state index is 11.6. The molecule has 0 unspecified atom stereocenters. The average molecular weight is 256 g/mol. The lowest BCUT2D eigenvalue weighted by Crippen LogP contribution is -2.35. The van der Waals surface area contributed by atoms with E-state index >= 15 is 0 Å². The van der Waals surface area contributed by atoms with Crippen LogP contribution in [0.3, 0.4) is 0 Å². The number of anilines is 1. The molecular weight excluding hydrogens is 242 g/mol. The molecule has 3 amide bonds. The molecule has 0 heterocycles. The molecule has 0 fully saturated rings. The van der Waals surface area contributed by atoms with Gasteiger partial charge in [0, 0.05) is 17.3 Å². The van der Waals surface area contributed by atoms with Crippen molar-refractivity contribution in [3.05, 3.63) is 29.3 Å². The van der Waals surface area contributed by atoms with Crippen molar-refractivity contribution in [1.82, 2.24) is 4.90 Å². The number of imide groups is 1. The Balaban J connectivity index is 2.57. The summed E-state index contributed by atoms with van der Waals surface area (Å²) < 4.78 is 0. The molecule has 0 aromatic heterocycles. The third kappa shape index (κ3) is 4.42. The monoisotopic (exact) mass is 255 g/mol. The van der Waals surface area contributed by atoms with Gasteiger partial charge in [0.15, 0.2) is 0 Å². The van der Waals surface area contributed by atoms with E-state index in [1.165, 1.54) is 0 Å². The van der Waals surface area contributed by atoms with Crippen LogP contribution in [-0.4, -0.2) is 30.4 Å². The van der Waals surface area contributed by atoms with E-state index in [0.29, 0.717) is 36.6 Å². The predicted molar refractivity (Wildman–Crippen MR) is 66.9 cm³/mol. The van der Waals surface area contributed by atoms with Gasteiger partial charge in [-0.3, -0.25) is 9.69 Å². The first-order chi connectivity index (χ1) is 8.17. The quantitative estimate of drug-likeness (QED) is 0.786. The second-order valence-electron chi connectivity index (χ2n) is 3.38. The second kappa shape index (κ2) is 6.88. The predicted octanol–water partition coefficient (Wildman–Crippen LogP) is 1.68. The summed E-state index contributed by atoms with van der Waals surface area (Å²) in [5.74, 6) is 0. The van der Waals surface area contributed by atoms with Crippen molar-refractivity contribution in [2.24, 2.45) is 5.73 Å². The van der Waals surface area contributed by atoms with Crippen LogP contribution in [0.4, 0.5) is 10.5 Å². The van der Waals surface area contributed by atoms with Gasteiger partial charge in [-0.15, -0.1) is 0 Å².